The van der Waals surface area contributed by atoms with Gasteiger partial charge >= 0.3 is 0 Å². The summed E-state index contributed by atoms with van der Waals surface area (Å²) in [5.41, 5.74) is 0. The zero-order valence-corrected chi connectivity index (χ0v) is 8.82. The van der Waals surface area contributed by atoms with Crippen LogP contribution < -0.4 is 5.32 Å². The smallest absolute Gasteiger partial charge is 0.223 e. The number of aromatic nitrogens is 2. The number of aryl methyl sites for hydroxylation is 1. The van der Waals surface area contributed by atoms with Gasteiger partial charge in [0.25, 0.3) is 0 Å². The summed E-state index contributed by atoms with van der Waals surface area (Å²) in [5, 5.41) is 6.54. The second kappa shape index (κ2) is 4.42. The van der Waals surface area contributed by atoms with Crippen LogP contribution in [0.15, 0.2) is 4.52 Å². The molecular weight excluding hydrogens is 194 g/mol. The van der Waals surface area contributed by atoms with Gasteiger partial charge in [0.05, 0.1) is 6.54 Å². The maximum absolute atomic E-state index is 11.6. The van der Waals surface area contributed by atoms with Gasteiger partial charge in [-0.25, -0.2) is 0 Å². The van der Waals surface area contributed by atoms with E-state index >= 15 is 0 Å². The lowest BCUT2D eigenvalue weighted by Crippen LogP contribution is -2.29. The van der Waals surface area contributed by atoms with Gasteiger partial charge in [-0.15, -0.1) is 0 Å². The second-order valence-electron chi connectivity index (χ2n) is 3.93. The van der Waals surface area contributed by atoms with Gasteiger partial charge in [0.15, 0.2) is 5.82 Å². The minimum atomic E-state index is 0.120. The van der Waals surface area contributed by atoms with Crippen LogP contribution in [0.4, 0.5) is 0 Å². The number of carbonyl (C=O) groups is 1. The molecule has 2 rings (SSSR count). The molecule has 0 atom stereocenters. The molecule has 1 aromatic rings. The van der Waals surface area contributed by atoms with Crippen molar-refractivity contribution >= 4 is 5.91 Å². The Morgan fingerprint density at radius 3 is 2.87 bits per heavy atom. The molecule has 5 nitrogen and oxygen atoms in total. The first-order valence-electron chi connectivity index (χ1n) is 5.32. The van der Waals surface area contributed by atoms with E-state index in [9.17, 15) is 4.79 Å². The van der Waals surface area contributed by atoms with E-state index < -0.39 is 0 Å². The van der Waals surface area contributed by atoms with Crippen LogP contribution in [0.25, 0.3) is 0 Å². The summed E-state index contributed by atoms with van der Waals surface area (Å²) in [5.74, 6) is 1.38. The Bertz CT molecular complexity index is 342. The van der Waals surface area contributed by atoms with Gasteiger partial charge < -0.3 is 9.84 Å². The van der Waals surface area contributed by atoms with Crippen LogP contribution in [0.2, 0.25) is 0 Å². The molecule has 1 amide bonds. The molecule has 1 aromatic heterocycles. The molecule has 1 saturated carbocycles. The fourth-order valence-electron chi connectivity index (χ4n) is 1.91. The van der Waals surface area contributed by atoms with Crippen molar-refractivity contribution in [3.63, 3.8) is 0 Å². The van der Waals surface area contributed by atoms with Crippen molar-refractivity contribution in [3.05, 3.63) is 11.7 Å². The molecule has 5 heteroatoms. The molecule has 0 radical (unpaired) electrons. The SMILES string of the molecule is Cc1nc(CNC(=O)C2CCCC2)no1. The molecule has 0 saturated heterocycles. The lowest BCUT2D eigenvalue weighted by atomic mass is 10.1. The molecule has 1 heterocycles. The van der Waals surface area contributed by atoms with Gasteiger partial charge in [0.2, 0.25) is 11.8 Å². The number of hydrogen-bond donors (Lipinski definition) is 1. The van der Waals surface area contributed by atoms with E-state index in [2.05, 4.69) is 15.5 Å². The minimum Gasteiger partial charge on any atom is -0.348 e. The van der Waals surface area contributed by atoms with Gasteiger partial charge in [-0.3, -0.25) is 4.79 Å². The van der Waals surface area contributed by atoms with E-state index in [4.69, 9.17) is 4.52 Å². The Morgan fingerprint density at radius 2 is 2.27 bits per heavy atom. The maximum atomic E-state index is 11.6. The molecular formula is C10H15N3O2. The van der Waals surface area contributed by atoms with Crippen molar-refractivity contribution in [2.75, 3.05) is 0 Å². The Kier molecular flexibility index (Phi) is 2.99. The zero-order chi connectivity index (χ0) is 10.7. The van der Waals surface area contributed by atoms with Gasteiger partial charge in [-0.1, -0.05) is 18.0 Å². The number of hydrogen-bond acceptors (Lipinski definition) is 4. The van der Waals surface area contributed by atoms with Crippen LogP contribution in [0.3, 0.4) is 0 Å². The highest BCUT2D eigenvalue weighted by Crippen LogP contribution is 2.24. The molecule has 0 spiro atoms. The standard InChI is InChI=1S/C10H15N3O2/c1-7-12-9(13-15-7)6-11-10(14)8-4-2-3-5-8/h8H,2-6H2,1H3,(H,11,14). The van der Waals surface area contributed by atoms with E-state index in [1.165, 1.54) is 12.8 Å². The lowest BCUT2D eigenvalue weighted by molar-refractivity contribution is -0.125. The quantitative estimate of drug-likeness (QED) is 0.811. The van der Waals surface area contributed by atoms with Gasteiger partial charge in [-0.2, -0.15) is 4.98 Å². The summed E-state index contributed by atoms with van der Waals surface area (Å²) in [6.45, 7) is 2.10. The summed E-state index contributed by atoms with van der Waals surface area (Å²) < 4.78 is 4.81. The van der Waals surface area contributed by atoms with Crippen molar-refractivity contribution < 1.29 is 9.32 Å². The first kappa shape index (κ1) is 10.1. The van der Waals surface area contributed by atoms with Gasteiger partial charge in [-0.05, 0) is 12.8 Å². The number of amides is 1. The number of carbonyl (C=O) groups excluding carboxylic acids is 1. The first-order chi connectivity index (χ1) is 7.25. The molecule has 1 N–H and O–H groups in total. The highest BCUT2D eigenvalue weighted by Gasteiger charge is 2.22. The maximum Gasteiger partial charge on any atom is 0.223 e. The fourth-order valence-corrected chi connectivity index (χ4v) is 1.91. The monoisotopic (exact) mass is 209 g/mol. The molecule has 0 aliphatic heterocycles. The average Bonchev–Trinajstić information content (AvgIpc) is 2.84. The fraction of sp³-hybridized carbons (Fsp3) is 0.700. The summed E-state index contributed by atoms with van der Waals surface area (Å²) in [4.78, 5) is 15.6. The van der Waals surface area contributed by atoms with Crippen LogP contribution in [0.1, 0.15) is 37.4 Å². The number of nitrogens with zero attached hydrogens (tertiary/aromatic N) is 2. The minimum absolute atomic E-state index is 0.120. The van der Waals surface area contributed by atoms with Crippen molar-refractivity contribution in [1.82, 2.24) is 15.5 Å². The van der Waals surface area contributed by atoms with E-state index in [0.717, 1.165) is 12.8 Å². The molecule has 1 aliphatic rings. The van der Waals surface area contributed by atoms with E-state index in [0.29, 0.717) is 18.3 Å². The molecule has 0 unspecified atom stereocenters. The Balaban J connectivity index is 1.80. The Morgan fingerprint density at radius 1 is 1.53 bits per heavy atom. The summed E-state index contributed by atoms with van der Waals surface area (Å²) in [7, 11) is 0. The molecule has 1 fully saturated rings. The molecule has 0 bridgehead atoms. The van der Waals surface area contributed by atoms with Crippen molar-refractivity contribution in [3.8, 4) is 0 Å². The summed E-state index contributed by atoms with van der Waals surface area (Å²) in [6.07, 6.45) is 4.35. The third-order valence-electron chi connectivity index (χ3n) is 2.72. The lowest BCUT2D eigenvalue weighted by Gasteiger charge is -2.07. The van der Waals surface area contributed by atoms with Gasteiger partial charge in [0.1, 0.15) is 0 Å². The molecule has 82 valence electrons. The average molecular weight is 209 g/mol. The zero-order valence-electron chi connectivity index (χ0n) is 8.82. The highest BCUT2D eigenvalue weighted by molar-refractivity contribution is 5.78. The van der Waals surface area contributed by atoms with Crippen LogP contribution in [0.5, 0.6) is 0 Å². The predicted octanol–water partition coefficient (Wildman–Crippen LogP) is 1.18. The second-order valence-corrected chi connectivity index (χ2v) is 3.93. The normalized spacial score (nSPS) is 16.9. The summed E-state index contributed by atoms with van der Waals surface area (Å²) in [6, 6.07) is 0. The largest absolute Gasteiger partial charge is 0.348 e. The van der Waals surface area contributed by atoms with E-state index in [1.54, 1.807) is 6.92 Å². The van der Waals surface area contributed by atoms with Crippen LogP contribution in [0, 0.1) is 12.8 Å². The van der Waals surface area contributed by atoms with Crippen LogP contribution in [-0.4, -0.2) is 16.0 Å². The van der Waals surface area contributed by atoms with E-state index in [-0.39, 0.29) is 11.8 Å². The number of rotatable bonds is 3. The number of nitrogens with one attached hydrogen (secondary N) is 1. The van der Waals surface area contributed by atoms with Crippen LogP contribution in [-0.2, 0) is 11.3 Å². The van der Waals surface area contributed by atoms with Gasteiger partial charge in [0, 0.05) is 12.8 Å². The van der Waals surface area contributed by atoms with E-state index in [1.807, 2.05) is 0 Å². The first-order valence-corrected chi connectivity index (χ1v) is 5.32. The topological polar surface area (TPSA) is 68.0 Å². The van der Waals surface area contributed by atoms with Crippen molar-refractivity contribution in [2.45, 2.75) is 39.2 Å². The summed E-state index contributed by atoms with van der Waals surface area (Å²) >= 11 is 0. The van der Waals surface area contributed by atoms with Crippen LogP contribution >= 0.6 is 0 Å². The molecule has 15 heavy (non-hydrogen) atoms. The van der Waals surface area contributed by atoms with Crippen molar-refractivity contribution in [2.24, 2.45) is 5.92 Å². The highest BCUT2D eigenvalue weighted by atomic mass is 16.5. The molecule has 0 aromatic carbocycles. The predicted molar refractivity (Wildman–Crippen MR) is 52.8 cm³/mol. The third-order valence-corrected chi connectivity index (χ3v) is 2.72. The Hall–Kier alpha value is -1.39. The third kappa shape index (κ3) is 2.55. The molecule has 1 aliphatic carbocycles. The van der Waals surface area contributed by atoms with Crippen molar-refractivity contribution in [1.29, 1.82) is 0 Å². The Labute approximate surface area is 88.2 Å².